The summed E-state index contributed by atoms with van der Waals surface area (Å²) in [4.78, 5) is 32.0. The Hall–Kier alpha value is -3.61. The average molecular weight is 510 g/mol. The monoisotopic (exact) mass is 509 g/mol. The largest absolute Gasteiger partial charge is 0.481 e. The van der Waals surface area contributed by atoms with E-state index >= 15 is 0 Å². The van der Waals surface area contributed by atoms with Crippen molar-refractivity contribution in [2.45, 2.75) is 5.25 Å². The van der Waals surface area contributed by atoms with E-state index in [1.54, 1.807) is 24.4 Å². The molecule has 188 valence electrons. The maximum Gasteiger partial charge on any atom is 0.277 e. The van der Waals surface area contributed by atoms with Gasteiger partial charge in [-0.15, -0.1) is 11.8 Å². The highest BCUT2D eigenvalue weighted by Crippen LogP contribution is 2.50. The molecule has 0 bridgehead atoms. The van der Waals surface area contributed by atoms with E-state index < -0.39 is 5.91 Å². The number of nitrogens with zero attached hydrogens (tertiary/aromatic N) is 6. The predicted molar refractivity (Wildman–Crippen MR) is 134 cm³/mol. The van der Waals surface area contributed by atoms with Crippen LogP contribution in [0.2, 0.25) is 0 Å². The zero-order chi connectivity index (χ0) is 25.1. The summed E-state index contributed by atoms with van der Waals surface area (Å²) in [6.07, 6.45) is 11.2. The molecule has 3 aliphatic heterocycles. The van der Waals surface area contributed by atoms with Gasteiger partial charge in [0.1, 0.15) is 0 Å². The normalized spacial score (nSPS) is 19.2. The number of nitrogens with one attached hydrogen (secondary N) is 1. The van der Waals surface area contributed by atoms with Crippen molar-refractivity contribution < 1.29 is 19.5 Å². The Morgan fingerprint density at radius 2 is 2.00 bits per heavy atom. The number of hydrogen-bond donors (Lipinski definition) is 2. The first-order chi connectivity index (χ1) is 17.6. The van der Waals surface area contributed by atoms with Crippen LogP contribution in [-0.2, 0) is 4.74 Å². The van der Waals surface area contributed by atoms with E-state index in [1.165, 1.54) is 22.9 Å². The Bertz CT molecular complexity index is 1190. The molecule has 3 aliphatic rings. The molecule has 5 rings (SSSR count). The first-order valence-electron chi connectivity index (χ1n) is 11.4. The zero-order valence-electron chi connectivity index (χ0n) is 20.0. The highest BCUT2D eigenvalue weighted by Gasteiger charge is 2.32. The van der Waals surface area contributed by atoms with E-state index in [9.17, 15) is 4.79 Å². The Morgan fingerprint density at radius 1 is 1.22 bits per heavy atom. The number of rotatable bonds is 7. The van der Waals surface area contributed by atoms with Crippen LogP contribution in [0.15, 0.2) is 65.4 Å². The second kappa shape index (κ2) is 10.6. The van der Waals surface area contributed by atoms with Crippen LogP contribution in [0.1, 0.15) is 21.2 Å². The predicted octanol–water partition coefficient (Wildman–Crippen LogP) is 2.14. The minimum atomic E-state index is -0.651. The number of ether oxygens (including phenoxy) is 2. The van der Waals surface area contributed by atoms with Crippen molar-refractivity contribution in [3.63, 3.8) is 0 Å². The number of allylic oxidation sites excluding steroid dienone is 1. The van der Waals surface area contributed by atoms with E-state index in [1.807, 2.05) is 24.2 Å². The lowest BCUT2D eigenvalue weighted by Gasteiger charge is -2.36. The third-order valence-corrected chi connectivity index (χ3v) is 7.29. The van der Waals surface area contributed by atoms with Crippen LogP contribution in [-0.4, -0.2) is 83.0 Å². The van der Waals surface area contributed by atoms with Crippen molar-refractivity contribution in [2.24, 2.45) is 0 Å². The molecule has 1 amide bonds. The molecule has 11 nitrogen and oxygen atoms in total. The fourth-order valence-corrected chi connectivity index (χ4v) is 5.43. The van der Waals surface area contributed by atoms with Gasteiger partial charge in [0.05, 0.1) is 43.5 Å². The minimum Gasteiger partial charge on any atom is -0.481 e. The number of pyridine rings is 1. The first kappa shape index (κ1) is 24.1. The molecule has 2 aromatic rings. The van der Waals surface area contributed by atoms with Gasteiger partial charge in [0, 0.05) is 67.7 Å². The van der Waals surface area contributed by atoms with Gasteiger partial charge in [0.25, 0.3) is 5.91 Å². The number of aromatic nitrogens is 3. The van der Waals surface area contributed by atoms with Gasteiger partial charge in [-0.2, -0.15) is 0 Å². The number of amides is 1. The Labute approximate surface area is 213 Å². The number of carbonyl (C=O) groups excluding carboxylic acids is 1. The van der Waals surface area contributed by atoms with Gasteiger partial charge in [-0.05, 0) is 5.56 Å². The van der Waals surface area contributed by atoms with Crippen molar-refractivity contribution in [3.8, 4) is 5.88 Å². The smallest absolute Gasteiger partial charge is 0.277 e. The fraction of sp³-hybridized carbons (Fsp3) is 0.333. The van der Waals surface area contributed by atoms with Crippen LogP contribution < -0.4 is 15.1 Å². The molecule has 0 aromatic carbocycles. The summed E-state index contributed by atoms with van der Waals surface area (Å²) < 4.78 is 10.8. The molecule has 0 saturated carbocycles. The SMILES string of the molecule is COc1ccc(C2C=C3C(=CN(CN(C)c4ncc(C(=O)NO)cn4)C=C3N3CCOCC3)S2)cn1. The number of anilines is 1. The fourth-order valence-electron chi connectivity index (χ4n) is 4.19. The van der Waals surface area contributed by atoms with Crippen LogP contribution in [0.25, 0.3) is 0 Å². The van der Waals surface area contributed by atoms with Crippen molar-refractivity contribution in [3.05, 3.63) is 76.5 Å². The quantitative estimate of drug-likeness (QED) is 0.422. The molecule has 5 heterocycles. The van der Waals surface area contributed by atoms with Crippen LogP contribution in [0.5, 0.6) is 5.88 Å². The number of fused-ring (bicyclic) bond motifs is 1. The molecule has 1 atom stereocenters. The molecule has 0 radical (unpaired) electrons. The maximum atomic E-state index is 11.6. The lowest BCUT2D eigenvalue weighted by atomic mass is 10.1. The number of thioether (sulfide) groups is 1. The molecule has 2 aromatic heterocycles. The van der Waals surface area contributed by atoms with Crippen LogP contribution in [0.3, 0.4) is 0 Å². The molecule has 0 aliphatic carbocycles. The third kappa shape index (κ3) is 5.01. The van der Waals surface area contributed by atoms with E-state index in [4.69, 9.17) is 14.7 Å². The van der Waals surface area contributed by atoms with Gasteiger partial charge < -0.3 is 24.2 Å². The second-order valence-electron chi connectivity index (χ2n) is 8.43. The molecule has 1 unspecified atom stereocenters. The Morgan fingerprint density at radius 3 is 2.67 bits per heavy atom. The van der Waals surface area contributed by atoms with Gasteiger partial charge in [-0.25, -0.2) is 20.4 Å². The van der Waals surface area contributed by atoms with Crippen LogP contribution in [0, 0.1) is 0 Å². The summed E-state index contributed by atoms with van der Waals surface area (Å²) in [6.45, 7) is 3.56. The molecular formula is C24H27N7O4S. The number of methoxy groups -OCH3 is 1. The van der Waals surface area contributed by atoms with Gasteiger partial charge in [0.2, 0.25) is 11.8 Å². The zero-order valence-corrected chi connectivity index (χ0v) is 20.8. The molecular weight excluding hydrogens is 482 g/mol. The second-order valence-corrected chi connectivity index (χ2v) is 9.61. The van der Waals surface area contributed by atoms with Gasteiger partial charge in [-0.1, -0.05) is 12.1 Å². The summed E-state index contributed by atoms with van der Waals surface area (Å²) >= 11 is 1.79. The topological polar surface area (TPSA) is 116 Å². The number of hydrogen-bond acceptors (Lipinski definition) is 11. The maximum absolute atomic E-state index is 11.6. The number of carbonyl (C=O) groups is 1. The van der Waals surface area contributed by atoms with E-state index in [0.29, 0.717) is 31.7 Å². The van der Waals surface area contributed by atoms with Crippen molar-refractivity contribution in [2.75, 3.05) is 52.0 Å². The van der Waals surface area contributed by atoms with Crippen LogP contribution >= 0.6 is 11.8 Å². The third-order valence-electron chi connectivity index (χ3n) is 6.05. The van der Waals surface area contributed by atoms with Gasteiger partial charge in [-0.3, -0.25) is 10.0 Å². The lowest BCUT2D eigenvalue weighted by Crippen LogP contribution is -2.39. The Kier molecular flexibility index (Phi) is 7.07. The van der Waals surface area contributed by atoms with Crippen molar-refractivity contribution in [1.29, 1.82) is 0 Å². The van der Waals surface area contributed by atoms with E-state index in [2.05, 4.69) is 49.3 Å². The van der Waals surface area contributed by atoms with E-state index in [-0.39, 0.29) is 10.8 Å². The molecule has 12 heteroatoms. The highest BCUT2D eigenvalue weighted by molar-refractivity contribution is 8.04. The molecule has 1 saturated heterocycles. The van der Waals surface area contributed by atoms with Crippen molar-refractivity contribution in [1.82, 2.24) is 30.2 Å². The first-order valence-corrected chi connectivity index (χ1v) is 12.3. The molecule has 36 heavy (non-hydrogen) atoms. The van der Waals surface area contributed by atoms with Gasteiger partial charge >= 0.3 is 0 Å². The summed E-state index contributed by atoms with van der Waals surface area (Å²) in [5.41, 5.74) is 5.27. The Balaban J connectivity index is 1.38. The minimum absolute atomic E-state index is 0.153. The number of morpholine rings is 1. The average Bonchev–Trinajstić information content (AvgIpc) is 3.37. The lowest BCUT2D eigenvalue weighted by molar-refractivity contribution is 0.0541. The summed E-state index contributed by atoms with van der Waals surface area (Å²) in [6, 6.07) is 3.94. The van der Waals surface area contributed by atoms with E-state index in [0.717, 1.165) is 24.4 Å². The van der Waals surface area contributed by atoms with Crippen LogP contribution in [0.4, 0.5) is 5.95 Å². The molecule has 1 fully saturated rings. The summed E-state index contributed by atoms with van der Waals surface area (Å²) in [7, 11) is 3.50. The number of hydroxylamine groups is 1. The standard InChI is InChI=1S/C24H27N7O4S/c1-29(24-26-11-17(12-27-24)23(32)28-33)15-30-13-19(31-5-7-35-8-6-31)18-9-20(36-21(18)14-30)16-3-4-22(34-2)25-10-16/h3-4,9-14,20,33H,5-8,15H2,1-2H3,(H,28,32). The highest BCUT2D eigenvalue weighted by atomic mass is 32.2. The molecule has 2 N–H and O–H groups in total. The van der Waals surface area contributed by atoms with Gasteiger partial charge in [0.15, 0.2) is 0 Å². The molecule has 0 spiro atoms. The van der Waals surface area contributed by atoms with Crippen molar-refractivity contribution >= 4 is 23.6 Å². The summed E-state index contributed by atoms with van der Waals surface area (Å²) in [5.74, 6) is 0.412. The summed E-state index contributed by atoms with van der Waals surface area (Å²) in [5, 5.41) is 8.95.